The molecule has 2 heterocycles. The maximum absolute atomic E-state index is 13.0. The summed E-state index contributed by atoms with van der Waals surface area (Å²) in [4.78, 5) is 20.0. The minimum Gasteiger partial charge on any atom is -0.369 e. The molecule has 0 aliphatic carbocycles. The molecule has 0 atom stereocenters. The number of pyridine rings is 1. The van der Waals surface area contributed by atoms with Crippen molar-refractivity contribution in [3.8, 4) is 0 Å². The van der Waals surface area contributed by atoms with Gasteiger partial charge in [-0.3, -0.25) is 9.69 Å². The number of nitrogens with two attached hydrogens (primary N) is 1. The predicted octanol–water partition coefficient (Wildman–Crippen LogP) is 1.64. The zero-order valence-corrected chi connectivity index (χ0v) is 12.8. The first kappa shape index (κ1) is 15.4. The van der Waals surface area contributed by atoms with Gasteiger partial charge in [-0.1, -0.05) is 6.07 Å². The van der Waals surface area contributed by atoms with E-state index in [1.165, 1.54) is 12.1 Å². The molecule has 5 nitrogen and oxygen atoms in total. The van der Waals surface area contributed by atoms with Crippen molar-refractivity contribution >= 4 is 11.6 Å². The highest BCUT2D eigenvalue weighted by molar-refractivity contribution is 5.90. The molecule has 0 bridgehead atoms. The minimum absolute atomic E-state index is 0.215. The van der Waals surface area contributed by atoms with E-state index in [1.807, 2.05) is 18.2 Å². The molecule has 2 aromatic rings. The van der Waals surface area contributed by atoms with E-state index in [-0.39, 0.29) is 5.82 Å². The van der Waals surface area contributed by atoms with E-state index in [0.717, 1.165) is 37.6 Å². The topological polar surface area (TPSA) is 62.5 Å². The number of hydrogen-bond acceptors (Lipinski definition) is 4. The molecule has 1 aliphatic heterocycles. The molecule has 1 aromatic heterocycles. The summed E-state index contributed by atoms with van der Waals surface area (Å²) in [7, 11) is 0. The van der Waals surface area contributed by atoms with Gasteiger partial charge < -0.3 is 10.6 Å². The summed E-state index contributed by atoms with van der Waals surface area (Å²) in [5.74, 6) is -0.722. The van der Waals surface area contributed by atoms with Gasteiger partial charge >= 0.3 is 0 Å². The quantitative estimate of drug-likeness (QED) is 0.932. The molecular formula is C17H19FN4O. The first-order chi connectivity index (χ1) is 11.1. The molecule has 0 radical (unpaired) electrons. The molecule has 1 amide bonds. The summed E-state index contributed by atoms with van der Waals surface area (Å²) < 4.78 is 13.0. The third-order valence-electron chi connectivity index (χ3n) is 4.01. The number of benzene rings is 1. The standard InChI is InChI=1S/C17H19FN4O/c18-13-4-6-15(7-5-13)22-10-8-21(9-11-22)12-14-2-1-3-16(20-14)17(19)23/h1-7H,8-12H2,(H2,19,23). The maximum atomic E-state index is 13.0. The van der Waals surface area contributed by atoms with Gasteiger partial charge in [0.15, 0.2) is 0 Å². The molecule has 0 spiro atoms. The molecule has 1 aromatic carbocycles. The zero-order chi connectivity index (χ0) is 16.2. The smallest absolute Gasteiger partial charge is 0.267 e. The number of hydrogen-bond donors (Lipinski definition) is 1. The second kappa shape index (κ2) is 6.75. The van der Waals surface area contributed by atoms with Crippen molar-refractivity contribution in [2.75, 3.05) is 31.1 Å². The lowest BCUT2D eigenvalue weighted by Gasteiger charge is -2.36. The van der Waals surface area contributed by atoms with Crippen molar-refractivity contribution in [1.29, 1.82) is 0 Å². The van der Waals surface area contributed by atoms with Gasteiger partial charge in [-0.05, 0) is 36.4 Å². The number of halogens is 1. The van der Waals surface area contributed by atoms with Crippen LogP contribution >= 0.6 is 0 Å². The molecule has 1 aliphatic rings. The minimum atomic E-state index is -0.507. The maximum Gasteiger partial charge on any atom is 0.267 e. The van der Waals surface area contributed by atoms with Gasteiger partial charge in [0.05, 0.1) is 5.69 Å². The lowest BCUT2D eigenvalue weighted by atomic mass is 10.2. The van der Waals surface area contributed by atoms with E-state index >= 15 is 0 Å². The molecule has 1 fully saturated rings. The van der Waals surface area contributed by atoms with Crippen LogP contribution in [-0.2, 0) is 6.54 Å². The van der Waals surface area contributed by atoms with Crippen molar-refractivity contribution in [1.82, 2.24) is 9.88 Å². The van der Waals surface area contributed by atoms with Crippen LogP contribution in [-0.4, -0.2) is 42.0 Å². The Morgan fingerprint density at radius 1 is 1.09 bits per heavy atom. The van der Waals surface area contributed by atoms with Gasteiger partial charge in [0.2, 0.25) is 0 Å². The summed E-state index contributed by atoms with van der Waals surface area (Å²) in [5, 5.41) is 0. The van der Waals surface area contributed by atoms with E-state index in [0.29, 0.717) is 12.2 Å². The highest BCUT2D eigenvalue weighted by atomic mass is 19.1. The summed E-state index contributed by atoms with van der Waals surface area (Å²) in [6.45, 7) is 4.22. The Morgan fingerprint density at radius 3 is 2.43 bits per heavy atom. The average molecular weight is 314 g/mol. The highest BCUT2D eigenvalue weighted by Gasteiger charge is 2.18. The van der Waals surface area contributed by atoms with Crippen molar-refractivity contribution in [2.24, 2.45) is 5.73 Å². The van der Waals surface area contributed by atoms with E-state index in [4.69, 9.17) is 5.73 Å². The molecule has 2 N–H and O–H groups in total. The monoisotopic (exact) mass is 314 g/mol. The molecule has 1 saturated heterocycles. The van der Waals surface area contributed by atoms with Gasteiger partial charge in [0.1, 0.15) is 11.5 Å². The number of primary amides is 1. The first-order valence-corrected chi connectivity index (χ1v) is 7.60. The van der Waals surface area contributed by atoms with Crippen LogP contribution in [0.4, 0.5) is 10.1 Å². The number of nitrogens with zero attached hydrogens (tertiary/aromatic N) is 3. The van der Waals surface area contributed by atoms with Crippen LogP contribution in [0.2, 0.25) is 0 Å². The molecule has 0 saturated carbocycles. The van der Waals surface area contributed by atoms with Gasteiger partial charge in [0, 0.05) is 38.4 Å². The average Bonchev–Trinajstić information content (AvgIpc) is 2.57. The second-order valence-electron chi connectivity index (χ2n) is 5.62. The molecule has 0 unspecified atom stereocenters. The Labute approximate surface area is 134 Å². The van der Waals surface area contributed by atoms with Crippen molar-refractivity contribution in [3.05, 3.63) is 59.7 Å². The van der Waals surface area contributed by atoms with Crippen molar-refractivity contribution in [3.63, 3.8) is 0 Å². The van der Waals surface area contributed by atoms with Gasteiger partial charge in [0.25, 0.3) is 5.91 Å². The molecule has 120 valence electrons. The van der Waals surface area contributed by atoms with Crippen LogP contribution in [0.3, 0.4) is 0 Å². The van der Waals surface area contributed by atoms with Crippen molar-refractivity contribution < 1.29 is 9.18 Å². The molecular weight excluding hydrogens is 295 g/mol. The van der Waals surface area contributed by atoms with Gasteiger partial charge in [-0.2, -0.15) is 0 Å². The van der Waals surface area contributed by atoms with Crippen LogP contribution in [0, 0.1) is 5.82 Å². The highest BCUT2D eigenvalue weighted by Crippen LogP contribution is 2.17. The number of carbonyl (C=O) groups excluding carboxylic acids is 1. The lowest BCUT2D eigenvalue weighted by Crippen LogP contribution is -2.46. The van der Waals surface area contributed by atoms with Crippen LogP contribution in [0.5, 0.6) is 0 Å². The molecule has 23 heavy (non-hydrogen) atoms. The summed E-state index contributed by atoms with van der Waals surface area (Å²) in [6, 6.07) is 11.9. The van der Waals surface area contributed by atoms with E-state index in [9.17, 15) is 9.18 Å². The summed E-state index contributed by atoms with van der Waals surface area (Å²) >= 11 is 0. The SMILES string of the molecule is NC(=O)c1cccc(CN2CCN(c3ccc(F)cc3)CC2)n1. The van der Waals surface area contributed by atoms with Crippen molar-refractivity contribution in [2.45, 2.75) is 6.54 Å². The fraction of sp³-hybridized carbons (Fsp3) is 0.294. The number of piperazine rings is 1. The number of amides is 1. The molecule has 3 rings (SSSR count). The van der Waals surface area contributed by atoms with Crippen LogP contribution in [0.1, 0.15) is 16.2 Å². The Bertz CT molecular complexity index is 681. The predicted molar refractivity (Wildman–Crippen MR) is 86.6 cm³/mol. The summed E-state index contributed by atoms with van der Waals surface area (Å²) in [6.07, 6.45) is 0. The lowest BCUT2D eigenvalue weighted by molar-refractivity contribution is 0.0995. The van der Waals surface area contributed by atoms with E-state index in [1.54, 1.807) is 12.1 Å². The molecule has 6 heteroatoms. The third-order valence-corrected chi connectivity index (χ3v) is 4.01. The second-order valence-corrected chi connectivity index (χ2v) is 5.62. The van der Waals surface area contributed by atoms with E-state index in [2.05, 4.69) is 14.8 Å². The number of rotatable bonds is 4. The van der Waals surface area contributed by atoms with E-state index < -0.39 is 5.91 Å². The van der Waals surface area contributed by atoms with Crippen LogP contribution in [0.15, 0.2) is 42.5 Å². The fourth-order valence-electron chi connectivity index (χ4n) is 2.75. The van der Waals surface area contributed by atoms with Gasteiger partial charge in [-0.25, -0.2) is 9.37 Å². The first-order valence-electron chi connectivity index (χ1n) is 7.60. The fourth-order valence-corrected chi connectivity index (χ4v) is 2.75. The number of carbonyl (C=O) groups is 1. The Kier molecular flexibility index (Phi) is 4.52. The Balaban J connectivity index is 1.58. The van der Waals surface area contributed by atoms with Gasteiger partial charge in [-0.15, -0.1) is 0 Å². The van der Waals surface area contributed by atoms with Crippen LogP contribution < -0.4 is 10.6 Å². The zero-order valence-electron chi connectivity index (χ0n) is 12.8. The third kappa shape index (κ3) is 3.84. The normalized spacial score (nSPS) is 15.6. The summed E-state index contributed by atoms with van der Waals surface area (Å²) in [5.41, 5.74) is 7.44. The number of anilines is 1. The largest absolute Gasteiger partial charge is 0.369 e. The Hall–Kier alpha value is -2.47. The number of aromatic nitrogens is 1. The Morgan fingerprint density at radius 2 is 1.78 bits per heavy atom. The van der Waals surface area contributed by atoms with Crippen LogP contribution in [0.25, 0.3) is 0 Å².